The zero-order valence-corrected chi connectivity index (χ0v) is 42.5. The van der Waals surface area contributed by atoms with Gasteiger partial charge >= 0.3 is 0 Å². The quantitative estimate of drug-likeness (QED) is 0.139. The fourth-order valence-corrected chi connectivity index (χ4v) is 14.3. The van der Waals surface area contributed by atoms with Crippen molar-refractivity contribution in [3.8, 4) is 44.5 Å². The molecule has 0 fully saturated rings. The summed E-state index contributed by atoms with van der Waals surface area (Å²) >= 11 is 1.86. The molecule has 0 aliphatic heterocycles. The monoisotopic (exact) mass is 983 g/mol. The van der Waals surface area contributed by atoms with Crippen LogP contribution in [-0.2, 0) is 10.8 Å². The maximum atomic E-state index is 2.49. The summed E-state index contributed by atoms with van der Waals surface area (Å²) in [5.74, 6) is 0. The van der Waals surface area contributed by atoms with E-state index in [0.717, 1.165) is 17.1 Å². The molecule has 2 heteroatoms. The van der Waals surface area contributed by atoms with Gasteiger partial charge in [0.05, 0.1) is 16.5 Å². The molecule has 0 radical (unpaired) electrons. The normalized spacial score (nSPS) is 13.5. The van der Waals surface area contributed by atoms with Gasteiger partial charge < -0.3 is 4.90 Å². The third kappa shape index (κ3) is 6.57. The molecule has 13 aromatic rings. The number of nitrogens with zero attached hydrogens (tertiary/aromatic N) is 1. The molecule has 0 amide bonds. The van der Waals surface area contributed by atoms with Gasteiger partial charge in [0.15, 0.2) is 0 Å². The Morgan fingerprint density at radius 1 is 0.263 bits per heavy atom. The minimum absolute atomic E-state index is 0.477. The van der Waals surface area contributed by atoms with E-state index in [1.165, 1.54) is 109 Å². The van der Waals surface area contributed by atoms with Gasteiger partial charge in [0.2, 0.25) is 0 Å². The van der Waals surface area contributed by atoms with Crippen LogP contribution in [0.4, 0.5) is 17.1 Å². The van der Waals surface area contributed by atoms with Gasteiger partial charge in [-0.3, -0.25) is 0 Å². The standard InChI is InChI=1S/C74H49NS/c1-5-20-54(21-6-1)73(55-22-7-2-8-23-55)66-32-17-14-30-63(66)72-67(73)33-19-34-69(72)75(58-42-36-50(37-43-58)52-41-47-71-64(48-52)62-29-15-18-35-70(62)76-71)59-44-38-51(39-45-59)53-40-46-61-60-28-13-16-31-65(60)74(68(61)49-53,56-24-9-3-10-25-56)57-26-11-4-12-27-57/h1-49H. The maximum Gasteiger partial charge on any atom is 0.0714 e. The molecule has 0 saturated heterocycles. The first-order chi connectivity index (χ1) is 37.7. The second-order valence-electron chi connectivity index (χ2n) is 20.3. The Labute approximate surface area is 447 Å². The van der Waals surface area contributed by atoms with Gasteiger partial charge in [0.1, 0.15) is 0 Å². The van der Waals surface area contributed by atoms with E-state index in [2.05, 4.69) is 302 Å². The first-order valence-electron chi connectivity index (χ1n) is 26.3. The van der Waals surface area contributed by atoms with Gasteiger partial charge in [0.25, 0.3) is 0 Å². The molecular weight excluding hydrogens is 935 g/mol. The second-order valence-corrected chi connectivity index (χ2v) is 21.3. The van der Waals surface area contributed by atoms with E-state index >= 15 is 0 Å². The number of anilines is 3. The predicted octanol–water partition coefficient (Wildman–Crippen LogP) is 19.6. The lowest BCUT2D eigenvalue weighted by atomic mass is 9.67. The minimum atomic E-state index is -0.531. The van der Waals surface area contributed by atoms with Crippen molar-refractivity contribution in [2.45, 2.75) is 10.8 Å². The summed E-state index contributed by atoms with van der Waals surface area (Å²) in [5.41, 5.74) is 22.3. The van der Waals surface area contributed by atoms with Gasteiger partial charge in [-0.15, -0.1) is 11.3 Å². The summed E-state index contributed by atoms with van der Waals surface area (Å²) in [7, 11) is 0. The van der Waals surface area contributed by atoms with E-state index in [0.29, 0.717) is 0 Å². The fourth-order valence-electron chi connectivity index (χ4n) is 13.2. The lowest BCUT2D eigenvalue weighted by molar-refractivity contribution is 0.768. The number of hydrogen-bond donors (Lipinski definition) is 0. The van der Waals surface area contributed by atoms with Crippen molar-refractivity contribution in [2.75, 3.05) is 4.90 Å². The van der Waals surface area contributed by atoms with E-state index < -0.39 is 10.8 Å². The van der Waals surface area contributed by atoms with Gasteiger partial charge in [-0.2, -0.15) is 0 Å². The van der Waals surface area contributed by atoms with Crippen molar-refractivity contribution >= 4 is 48.6 Å². The van der Waals surface area contributed by atoms with E-state index in [9.17, 15) is 0 Å². The Morgan fingerprint density at radius 2 is 0.684 bits per heavy atom. The van der Waals surface area contributed by atoms with Crippen LogP contribution in [0, 0.1) is 0 Å². The first-order valence-corrected chi connectivity index (χ1v) is 27.1. The average molecular weight is 984 g/mol. The molecule has 0 bridgehead atoms. The van der Waals surface area contributed by atoms with E-state index in [-0.39, 0.29) is 0 Å². The smallest absolute Gasteiger partial charge is 0.0714 e. The number of benzene rings is 12. The van der Waals surface area contributed by atoms with Crippen molar-refractivity contribution in [1.82, 2.24) is 0 Å². The van der Waals surface area contributed by atoms with Crippen LogP contribution in [0.1, 0.15) is 44.5 Å². The molecular formula is C74H49NS. The second kappa shape index (κ2) is 17.7. The Kier molecular flexibility index (Phi) is 10.3. The van der Waals surface area contributed by atoms with Crippen molar-refractivity contribution in [3.63, 3.8) is 0 Å². The maximum absolute atomic E-state index is 2.49. The molecule has 12 aromatic carbocycles. The highest BCUT2D eigenvalue weighted by Crippen LogP contribution is 2.60. The predicted molar refractivity (Wildman–Crippen MR) is 319 cm³/mol. The molecule has 0 unspecified atom stereocenters. The summed E-state index contributed by atoms with van der Waals surface area (Å²) in [6.45, 7) is 0. The van der Waals surface area contributed by atoms with Crippen LogP contribution in [0.2, 0.25) is 0 Å². The molecule has 1 nitrogen and oxygen atoms in total. The Bertz CT molecular complexity index is 4230. The molecule has 1 heterocycles. The summed E-state index contributed by atoms with van der Waals surface area (Å²) in [4.78, 5) is 2.49. The largest absolute Gasteiger partial charge is 0.310 e. The van der Waals surface area contributed by atoms with Crippen molar-refractivity contribution in [2.24, 2.45) is 0 Å². The Hall–Kier alpha value is -9.34. The van der Waals surface area contributed by atoms with Crippen LogP contribution < -0.4 is 4.90 Å². The highest BCUT2D eigenvalue weighted by molar-refractivity contribution is 7.25. The molecule has 76 heavy (non-hydrogen) atoms. The Balaban J connectivity index is 0.906. The highest BCUT2D eigenvalue weighted by Gasteiger charge is 2.48. The van der Waals surface area contributed by atoms with E-state index in [4.69, 9.17) is 0 Å². The van der Waals surface area contributed by atoms with Gasteiger partial charge in [-0.05, 0) is 138 Å². The third-order valence-corrected chi connectivity index (χ3v) is 17.6. The first kappa shape index (κ1) is 44.2. The molecule has 356 valence electrons. The van der Waals surface area contributed by atoms with Crippen LogP contribution in [0.25, 0.3) is 64.7 Å². The summed E-state index contributed by atoms with van der Waals surface area (Å²) in [6, 6.07) is 111. The molecule has 0 atom stereocenters. The van der Waals surface area contributed by atoms with E-state index in [1.54, 1.807) is 0 Å². The van der Waals surface area contributed by atoms with Crippen LogP contribution in [0.5, 0.6) is 0 Å². The average Bonchev–Trinajstić information content (AvgIpc) is 4.31. The lowest BCUT2D eigenvalue weighted by Crippen LogP contribution is -2.28. The summed E-state index contributed by atoms with van der Waals surface area (Å²) in [5, 5.41) is 2.62. The number of fused-ring (bicyclic) bond motifs is 9. The zero-order chi connectivity index (χ0) is 50.2. The highest BCUT2D eigenvalue weighted by atomic mass is 32.1. The number of thiophene rings is 1. The van der Waals surface area contributed by atoms with Crippen molar-refractivity contribution in [1.29, 1.82) is 0 Å². The van der Waals surface area contributed by atoms with Crippen LogP contribution in [0.15, 0.2) is 297 Å². The molecule has 15 rings (SSSR count). The Morgan fingerprint density at radius 3 is 1.28 bits per heavy atom. The summed E-state index contributed by atoms with van der Waals surface area (Å²) < 4.78 is 2.63. The van der Waals surface area contributed by atoms with E-state index in [1.807, 2.05) is 11.3 Å². The van der Waals surface area contributed by atoms with Gasteiger partial charge in [-0.1, -0.05) is 243 Å². The van der Waals surface area contributed by atoms with Crippen LogP contribution in [0.3, 0.4) is 0 Å². The van der Waals surface area contributed by atoms with Crippen LogP contribution in [-0.4, -0.2) is 0 Å². The topological polar surface area (TPSA) is 3.24 Å². The van der Waals surface area contributed by atoms with Crippen molar-refractivity contribution in [3.05, 3.63) is 342 Å². The summed E-state index contributed by atoms with van der Waals surface area (Å²) in [6.07, 6.45) is 0. The zero-order valence-electron chi connectivity index (χ0n) is 41.6. The lowest BCUT2D eigenvalue weighted by Gasteiger charge is -2.34. The molecule has 2 aliphatic carbocycles. The molecule has 0 saturated carbocycles. The van der Waals surface area contributed by atoms with Crippen molar-refractivity contribution < 1.29 is 0 Å². The van der Waals surface area contributed by atoms with Crippen LogP contribution >= 0.6 is 11.3 Å². The molecule has 0 spiro atoms. The SMILES string of the molecule is c1ccc(C2(c3ccccc3)c3ccccc3-c3ccc(-c4ccc(N(c5ccc(-c6ccc7sc8ccccc8c7c6)cc5)c5cccc6c5-c5ccccc5C6(c5ccccc5)c5ccccc5)cc4)cc32)cc1. The molecule has 0 N–H and O–H groups in total. The van der Waals surface area contributed by atoms with Gasteiger partial charge in [-0.25, -0.2) is 0 Å². The third-order valence-electron chi connectivity index (χ3n) is 16.5. The number of hydrogen-bond acceptors (Lipinski definition) is 2. The molecule has 1 aromatic heterocycles. The fraction of sp³-hybridized carbons (Fsp3) is 0.0270. The molecule has 2 aliphatic rings. The number of rotatable bonds is 9. The minimum Gasteiger partial charge on any atom is -0.310 e. The van der Waals surface area contributed by atoms with Gasteiger partial charge in [0, 0.05) is 37.1 Å².